The van der Waals surface area contributed by atoms with Crippen LogP contribution in [0.1, 0.15) is 35.4 Å². The average Bonchev–Trinajstić information content (AvgIpc) is 2.67. The number of methoxy groups -OCH3 is 1. The molecule has 0 bridgehead atoms. The summed E-state index contributed by atoms with van der Waals surface area (Å²) in [5.74, 6) is -1.51. The molecule has 2 atom stereocenters. The van der Waals surface area contributed by atoms with Gasteiger partial charge in [0.1, 0.15) is 6.10 Å². The van der Waals surface area contributed by atoms with Crippen molar-refractivity contribution in [2.75, 3.05) is 19.0 Å². The molecule has 28 heavy (non-hydrogen) atoms. The minimum atomic E-state index is -1.02. The van der Waals surface area contributed by atoms with Gasteiger partial charge in [-0.15, -0.1) is 0 Å². The summed E-state index contributed by atoms with van der Waals surface area (Å²) in [5, 5.41) is 21.1. The smallest absolute Gasteiger partial charge is 0.412 e. The van der Waals surface area contributed by atoms with E-state index in [4.69, 9.17) is 9.47 Å². The van der Waals surface area contributed by atoms with Crippen LogP contribution in [0.15, 0.2) is 42.5 Å². The van der Waals surface area contributed by atoms with Crippen LogP contribution in [0.3, 0.4) is 0 Å². The maximum atomic E-state index is 13.8. The Morgan fingerprint density at radius 1 is 1.18 bits per heavy atom. The molecule has 2 rings (SSSR count). The van der Waals surface area contributed by atoms with Crippen molar-refractivity contribution < 1.29 is 33.7 Å². The highest BCUT2D eigenvalue weighted by Crippen LogP contribution is 2.29. The topological polar surface area (TPSA) is 105 Å². The predicted molar refractivity (Wildman–Crippen MR) is 99.9 cm³/mol. The Morgan fingerprint density at radius 3 is 2.39 bits per heavy atom. The molecule has 0 aromatic heterocycles. The molecule has 0 unspecified atom stereocenters. The number of benzene rings is 2. The van der Waals surface area contributed by atoms with E-state index >= 15 is 0 Å². The summed E-state index contributed by atoms with van der Waals surface area (Å²) in [6, 6.07) is 9.82. The molecule has 0 saturated carbocycles. The SMILES string of the molecule is CO[C@H](CCO)[C@H](OC(=O)Nc1ccc(C(C)=O)cc1)c1ccc(O)c(F)c1. The zero-order chi connectivity index (χ0) is 20.7. The van der Waals surface area contributed by atoms with Crippen molar-refractivity contribution in [2.24, 2.45) is 0 Å². The molecule has 0 aliphatic rings. The van der Waals surface area contributed by atoms with Gasteiger partial charge in [-0.25, -0.2) is 9.18 Å². The molecule has 3 N–H and O–H groups in total. The van der Waals surface area contributed by atoms with Crippen LogP contribution in [0, 0.1) is 5.82 Å². The van der Waals surface area contributed by atoms with E-state index in [0.29, 0.717) is 11.3 Å². The monoisotopic (exact) mass is 391 g/mol. The molecule has 0 radical (unpaired) electrons. The number of hydrogen-bond donors (Lipinski definition) is 3. The fourth-order valence-corrected chi connectivity index (χ4v) is 2.63. The summed E-state index contributed by atoms with van der Waals surface area (Å²) in [6.45, 7) is 1.21. The largest absolute Gasteiger partial charge is 0.505 e. The van der Waals surface area contributed by atoms with E-state index in [2.05, 4.69) is 5.32 Å². The number of Topliss-reactive ketones (excluding diaryl/α,β-unsaturated/α-hetero) is 1. The van der Waals surface area contributed by atoms with Gasteiger partial charge in [0.2, 0.25) is 0 Å². The fraction of sp³-hybridized carbons (Fsp3) is 0.300. The quantitative estimate of drug-likeness (QED) is 0.596. The number of ether oxygens (including phenoxy) is 2. The summed E-state index contributed by atoms with van der Waals surface area (Å²) < 4.78 is 24.5. The van der Waals surface area contributed by atoms with Crippen LogP contribution in [0.2, 0.25) is 0 Å². The van der Waals surface area contributed by atoms with Crippen molar-refractivity contribution in [3.05, 3.63) is 59.4 Å². The third kappa shape index (κ3) is 5.51. The number of carbonyl (C=O) groups is 2. The van der Waals surface area contributed by atoms with Crippen molar-refractivity contribution in [1.29, 1.82) is 0 Å². The molecule has 0 fully saturated rings. The van der Waals surface area contributed by atoms with Crippen LogP contribution < -0.4 is 5.32 Å². The van der Waals surface area contributed by atoms with Gasteiger partial charge in [0.25, 0.3) is 0 Å². The Morgan fingerprint density at radius 2 is 1.86 bits per heavy atom. The van der Waals surface area contributed by atoms with Crippen LogP contribution in [-0.2, 0) is 9.47 Å². The highest BCUT2D eigenvalue weighted by atomic mass is 19.1. The lowest BCUT2D eigenvalue weighted by molar-refractivity contribution is -0.0307. The van der Waals surface area contributed by atoms with Crippen molar-refractivity contribution in [3.63, 3.8) is 0 Å². The predicted octanol–water partition coefficient (Wildman–Crippen LogP) is 3.42. The number of halogens is 1. The number of anilines is 1. The first-order valence-electron chi connectivity index (χ1n) is 8.56. The van der Waals surface area contributed by atoms with Crippen molar-refractivity contribution in [2.45, 2.75) is 25.6 Å². The molecule has 0 heterocycles. The first-order valence-corrected chi connectivity index (χ1v) is 8.56. The van der Waals surface area contributed by atoms with Gasteiger partial charge in [0.05, 0.1) is 0 Å². The van der Waals surface area contributed by atoms with Crippen molar-refractivity contribution in [3.8, 4) is 5.75 Å². The lowest BCUT2D eigenvalue weighted by Gasteiger charge is -2.26. The second kappa shape index (κ2) is 9.82. The minimum Gasteiger partial charge on any atom is -0.505 e. The maximum absolute atomic E-state index is 13.8. The molecular formula is C20H22FNO6. The van der Waals surface area contributed by atoms with Gasteiger partial charge in [0, 0.05) is 31.4 Å². The number of ketones is 1. The Labute approximate surface area is 161 Å². The van der Waals surface area contributed by atoms with Gasteiger partial charge in [-0.05, 0) is 48.9 Å². The zero-order valence-electron chi connectivity index (χ0n) is 15.5. The minimum absolute atomic E-state index is 0.101. The molecule has 0 spiro atoms. The molecule has 0 saturated heterocycles. The highest BCUT2D eigenvalue weighted by molar-refractivity contribution is 5.94. The van der Waals surface area contributed by atoms with E-state index in [1.165, 1.54) is 20.1 Å². The molecule has 0 aliphatic heterocycles. The number of phenolic OH excluding ortho intramolecular Hbond substituents is 1. The third-order valence-corrected chi connectivity index (χ3v) is 4.13. The van der Waals surface area contributed by atoms with E-state index in [9.17, 15) is 24.2 Å². The van der Waals surface area contributed by atoms with E-state index in [1.54, 1.807) is 24.3 Å². The molecule has 1 amide bonds. The number of aromatic hydroxyl groups is 1. The number of rotatable bonds is 8. The number of hydrogen-bond acceptors (Lipinski definition) is 6. The summed E-state index contributed by atoms with van der Waals surface area (Å²) in [7, 11) is 1.38. The van der Waals surface area contributed by atoms with Gasteiger partial charge in [-0.3, -0.25) is 10.1 Å². The van der Waals surface area contributed by atoms with Crippen LogP contribution >= 0.6 is 0 Å². The van der Waals surface area contributed by atoms with Gasteiger partial charge >= 0.3 is 6.09 Å². The average molecular weight is 391 g/mol. The number of phenols is 1. The van der Waals surface area contributed by atoms with Crippen LogP contribution in [0.4, 0.5) is 14.9 Å². The molecule has 2 aromatic carbocycles. The van der Waals surface area contributed by atoms with Crippen molar-refractivity contribution >= 4 is 17.6 Å². The van der Waals surface area contributed by atoms with Crippen molar-refractivity contribution in [1.82, 2.24) is 0 Å². The Hall–Kier alpha value is -2.97. The summed E-state index contributed by atoms with van der Waals surface area (Å²) >= 11 is 0. The van der Waals surface area contributed by atoms with Gasteiger partial charge in [-0.1, -0.05) is 6.07 Å². The van der Waals surface area contributed by atoms with Crippen LogP contribution in [-0.4, -0.2) is 41.9 Å². The second-order valence-electron chi connectivity index (χ2n) is 6.08. The molecule has 7 nitrogen and oxygen atoms in total. The number of amides is 1. The summed E-state index contributed by atoms with van der Waals surface area (Å²) in [6.07, 6.45) is -2.44. The first kappa shape index (κ1) is 21.3. The van der Waals surface area contributed by atoms with E-state index in [0.717, 1.165) is 12.1 Å². The van der Waals surface area contributed by atoms with Gasteiger partial charge in [0.15, 0.2) is 23.5 Å². The lowest BCUT2D eigenvalue weighted by Crippen LogP contribution is -2.29. The molecule has 150 valence electrons. The molecule has 2 aromatic rings. The van der Waals surface area contributed by atoms with Crippen LogP contribution in [0.25, 0.3) is 0 Å². The second-order valence-corrected chi connectivity index (χ2v) is 6.08. The third-order valence-electron chi connectivity index (χ3n) is 4.13. The summed E-state index contributed by atoms with van der Waals surface area (Å²) in [5.41, 5.74) is 1.16. The molecule has 0 aliphatic carbocycles. The summed E-state index contributed by atoms with van der Waals surface area (Å²) in [4.78, 5) is 23.6. The normalized spacial score (nSPS) is 12.9. The Kier molecular flexibility index (Phi) is 7.48. The van der Waals surface area contributed by atoms with Gasteiger partial charge in [-0.2, -0.15) is 0 Å². The Bertz CT molecular complexity index is 824. The van der Waals surface area contributed by atoms with E-state index in [1.807, 2.05) is 0 Å². The number of aliphatic hydroxyl groups is 1. The molecular weight excluding hydrogens is 369 g/mol. The maximum Gasteiger partial charge on any atom is 0.412 e. The highest BCUT2D eigenvalue weighted by Gasteiger charge is 2.28. The Balaban J connectivity index is 2.19. The van der Waals surface area contributed by atoms with E-state index < -0.39 is 29.9 Å². The van der Waals surface area contributed by atoms with Crippen LogP contribution in [0.5, 0.6) is 5.75 Å². The first-order chi connectivity index (χ1) is 13.3. The number of aliphatic hydroxyl groups excluding tert-OH is 1. The van der Waals surface area contributed by atoms with Gasteiger partial charge < -0.3 is 19.7 Å². The number of carbonyl (C=O) groups excluding carboxylic acids is 2. The zero-order valence-corrected chi connectivity index (χ0v) is 15.5. The number of nitrogens with one attached hydrogen (secondary N) is 1. The molecule has 8 heteroatoms. The standard InChI is InChI=1S/C20H22FNO6/c1-12(24)13-3-6-15(7-4-13)22-20(26)28-19(18(27-2)9-10-23)14-5-8-17(25)16(21)11-14/h3-8,11,18-19,23,25H,9-10H2,1-2H3,(H,22,26)/t18-,19-/m1/s1. The lowest BCUT2D eigenvalue weighted by atomic mass is 10.0. The fourth-order valence-electron chi connectivity index (χ4n) is 2.63. The van der Waals surface area contributed by atoms with E-state index in [-0.39, 0.29) is 24.4 Å².